The molecule has 0 saturated carbocycles. The van der Waals surface area contributed by atoms with E-state index in [2.05, 4.69) is 10.6 Å². The van der Waals surface area contributed by atoms with E-state index in [1.165, 1.54) is 17.8 Å². The molecule has 162 valence electrons. The Hall–Kier alpha value is -2.19. The van der Waals surface area contributed by atoms with Crippen molar-refractivity contribution >= 4 is 46.6 Å². The van der Waals surface area contributed by atoms with Gasteiger partial charge in [0.25, 0.3) is 0 Å². The van der Waals surface area contributed by atoms with Gasteiger partial charge in [-0.25, -0.2) is 0 Å². The van der Waals surface area contributed by atoms with Crippen LogP contribution in [-0.2, 0) is 15.8 Å². The normalized spacial score (nSPS) is 12.3. The van der Waals surface area contributed by atoms with Crippen molar-refractivity contribution in [3.63, 3.8) is 0 Å². The Bertz CT molecular complexity index is 906. The number of halogens is 4. The van der Waals surface area contributed by atoms with E-state index in [1.54, 1.807) is 31.2 Å². The Balaban J connectivity index is 2.14. The third kappa shape index (κ3) is 6.95. The lowest BCUT2D eigenvalue weighted by atomic mass is 10.1. The molecular weight excluding hydrogens is 437 g/mol. The van der Waals surface area contributed by atoms with Gasteiger partial charge in [-0.2, -0.15) is 13.2 Å². The molecule has 0 heterocycles. The quantitative estimate of drug-likeness (QED) is 0.438. The molecule has 2 rings (SSSR count). The maximum atomic E-state index is 13.3. The number of carbonyl (C=O) groups is 2. The fourth-order valence-corrected chi connectivity index (χ4v) is 3.84. The topological polar surface area (TPSA) is 58.2 Å². The third-order valence-electron chi connectivity index (χ3n) is 4.08. The first-order valence-corrected chi connectivity index (χ1v) is 10.6. The fourth-order valence-electron chi connectivity index (χ4n) is 2.66. The van der Waals surface area contributed by atoms with Gasteiger partial charge in [0.15, 0.2) is 0 Å². The van der Waals surface area contributed by atoms with Crippen LogP contribution in [0.3, 0.4) is 0 Å². The minimum Gasteiger partial charge on any atom is -0.326 e. The van der Waals surface area contributed by atoms with Crippen LogP contribution in [0.4, 0.5) is 24.5 Å². The number of amides is 2. The molecule has 9 heteroatoms. The lowest BCUT2D eigenvalue weighted by Crippen LogP contribution is -2.26. The first-order valence-electron chi connectivity index (χ1n) is 9.38. The van der Waals surface area contributed by atoms with E-state index in [9.17, 15) is 22.8 Å². The highest BCUT2D eigenvalue weighted by Gasteiger charge is 2.34. The first-order chi connectivity index (χ1) is 14.1. The second kappa shape index (κ2) is 10.7. The van der Waals surface area contributed by atoms with Crippen molar-refractivity contribution in [3.05, 3.63) is 53.1 Å². The summed E-state index contributed by atoms with van der Waals surface area (Å²) < 4.78 is 39.8. The van der Waals surface area contributed by atoms with Gasteiger partial charge in [0.2, 0.25) is 11.8 Å². The van der Waals surface area contributed by atoms with Crippen LogP contribution in [0.25, 0.3) is 0 Å². The largest absolute Gasteiger partial charge is 0.418 e. The predicted molar refractivity (Wildman–Crippen MR) is 115 cm³/mol. The van der Waals surface area contributed by atoms with Gasteiger partial charge >= 0.3 is 6.18 Å². The Morgan fingerprint density at radius 2 is 1.83 bits per heavy atom. The van der Waals surface area contributed by atoms with Crippen molar-refractivity contribution in [2.45, 2.75) is 49.4 Å². The molecule has 0 radical (unpaired) electrons. The van der Waals surface area contributed by atoms with Crippen LogP contribution in [0.5, 0.6) is 0 Å². The van der Waals surface area contributed by atoms with Gasteiger partial charge in [0.05, 0.1) is 16.5 Å². The summed E-state index contributed by atoms with van der Waals surface area (Å²) in [7, 11) is 0. The second-order valence-corrected chi connectivity index (χ2v) is 8.23. The predicted octanol–water partition coefficient (Wildman–Crippen LogP) is 6.61. The lowest BCUT2D eigenvalue weighted by molar-refractivity contribution is -0.137. The highest BCUT2D eigenvalue weighted by atomic mass is 35.5. The average Bonchev–Trinajstić information content (AvgIpc) is 2.67. The van der Waals surface area contributed by atoms with Crippen molar-refractivity contribution < 1.29 is 22.8 Å². The van der Waals surface area contributed by atoms with E-state index in [1.807, 2.05) is 6.92 Å². The molecule has 0 aliphatic heterocycles. The van der Waals surface area contributed by atoms with Gasteiger partial charge in [-0.1, -0.05) is 31.5 Å². The number of rotatable bonds is 8. The summed E-state index contributed by atoms with van der Waals surface area (Å²) in [5.41, 5.74) is -0.730. The number of alkyl halides is 3. The van der Waals surface area contributed by atoms with E-state index < -0.39 is 22.9 Å². The van der Waals surface area contributed by atoms with Crippen molar-refractivity contribution in [2.75, 3.05) is 10.6 Å². The molecule has 0 bridgehead atoms. The molecule has 2 aromatic rings. The van der Waals surface area contributed by atoms with Crippen LogP contribution in [0.1, 0.15) is 38.7 Å². The van der Waals surface area contributed by atoms with Crippen LogP contribution in [0, 0.1) is 0 Å². The zero-order valence-corrected chi connectivity index (χ0v) is 18.0. The number of anilines is 2. The summed E-state index contributed by atoms with van der Waals surface area (Å²) in [6.07, 6.45) is -3.12. The molecule has 30 heavy (non-hydrogen) atoms. The molecule has 2 N–H and O–H groups in total. The van der Waals surface area contributed by atoms with E-state index in [0.29, 0.717) is 18.5 Å². The van der Waals surface area contributed by atoms with E-state index >= 15 is 0 Å². The molecule has 1 atom stereocenters. The Labute approximate surface area is 182 Å². The number of carbonyl (C=O) groups excluding carboxylic acids is 2. The molecule has 0 aliphatic carbocycles. The summed E-state index contributed by atoms with van der Waals surface area (Å²) >= 11 is 6.90. The third-order valence-corrected chi connectivity index (χ3v) is 5.67. The number of benzene rings is 2. The SMILES string of the molecule is CCCC(=O)Nc1cccc(SC(CC)C(=O)Nc2ccc(Cl)cc2C(F)(F)F)c1. The summed E-state index contributed by atoms with van der Waals surface area (Å²) in [6.45, 7) is 3.68. The first kappa shape index (κ1) is 24.1. The van der Waals surface area contributed by atoms with Gasteiger partial charge in [-0.15, -0.1) is 11.8 Å². The van der Waals surface area contributed by atoms with E-state index in [-0.39, 0.29) is 16.6 Å². The molecule has 2 aromatic carbocycles. The summed E-state index contributed by atoms with van der Waals surface area (Å²) in [4.78, 5) is 25.1. The highest BCUT2D eigenvalue weighted by molar-refractivity contribution is 8.00. The molecule has 0 saturated heterocycles. The molecule has 0 fully saturated rings. The number of nitrogens with one attached hydrogen (secondary N) is 2. The zero-order valence-electron chi connectivity index (χ0n) is 16.5. The minimum absolute atomic E-state index is 0.0660. The maximum absolute atomic E-state index is 13.3. The van der Waals surface area contributed by atoms with Crippen LogP contribution in [0.15, 0.2) is 47.4 Å². The van der Waals surface area contributed by atoms with Crippen molar-refractivity contribution in [1.29, 1.82) is 0 Å². The van der Waals surface area contributed by atoms with Crippen LogP contribution in [0.2, 0.25) is 5.02 Å². The minimum atomic E-state index is -4.65. The van der Waals surface area contributed by atoms with Gasteiger partial charge in [0, 0.05) is 22.0 Å². The van der Waals surface area contributed by atoms with Crippen LogP contribution >= 0.6 is 23.4 Å². The fraction of sp³-hybridized carbons (Fsp3) is 0.333. The van der Waals surface area contributed by atoms with Gasteiger partial charge in [-0.3, -0.25) is 9.59 Å². The van der Waals surface area contributed by atoms with Crippen molar-refractivity contribution in [3.8, 4) is 0 Å². The van der Waals surface area contributed by atoms with Crippen molar-refractivity contribution in [1.82, 2.24) is 0 Å². The maximum Gasteiger partial charge on any atom is 0.418 e. The molecule has 0 aliphatic rings. The smallest absolute Gasteiger partial charge is 0.326 e. The number of hydrogen-bond donors (Lipinski definition) is 2. The van der Waals surface area contributed by atoms with Gasteiger partial charge in [0.1, 0.15) is 0 Å². The number of hydrogen-bond acceptors (Lipinski definition) is 3. The average molecular weight is 459 g/mol. The van der Waals surface area contributed by atoms with E-state index in [4.69, 9.17) is 11.6 Å². The standard InChI is InChI=1S/C21H22ClF3N2O2S/c1-3-6-19(28)26-14-7-5-8-15(12-14)30-18(4-2)20(29)27-17-10-9-13(22)11-16(17)21(23,24)25/h5,7-12,18H,3-4,6H2,1-2H3,(H,26,28)(H,27,29). The van der Waals surface area contributed by atoms with Crippen LogP contribution in [-0.4, -0.2) is 17.1 Å². The lowest BCUT2D eigenvalue weighted by Gasteiger charge is -2.18. The molecular formula is C21H22ClF3N2O2S. The van der Waals surface area contributed by atoms with E-state index in [0.717, 1.165) is 23.4 Å². The highest BCUT2D eigenvalue weighted by Crippen LogP contribution is 2.37. The second-order valence-electron chi connectivity index (χ2n) is 6.52. The Kier molecular flexibility index (Phi) is 8.61. The molecule has 2 amide bonds. The van der Waals surface area contributed by atoms with Gasteiger partial charge in [-0.05, 0) is 49.2 Å². The number of thioether (sulfide) groups is 1. The Morgan fingerprint density at radius 3 is 2.47 bits per heavy atom. The zero-order chi connectivity index (χ0) is 22.3. The summed E-state index contributed by atoms with van der Waals surface area (Å²) in [5, 5.41) is 4.47. The van der Waals surface area contributed by atoms with Gasteiger partial charge < -0.3 is 10.6 Å². The summed E-state index contributed by atoms with van der Waals surface area (Å²) in [6, 6.07) is 10.2. The molecule has 1 unspecified atom stereocenters. The monoisotopic (exact) mass is 458 g/mol. The summed E-state index contributed by atoms with van der Waals surface area (Å²) in [5.74, 6) is -0.650. The van der Waals surface area contributed by atoms with Crippen molar-refractivity contribution in [2.24, 2.45) is 0 Å². The molecule has 0 aromatic heterocycles. The van der Waals surface area contributed by atoms with Crippen LogP contribution < -0.4 is 10.6 Å². The molecule has 0 spiro atoms. The Morgan fingerprint density at radius 1 is 1.10 bits per heavy atom. The molecule has 4 nitrogen and oxygen atoms in total.